The molecule has 0 saturated carbocycles. The first-order valence-electron chi connectivity index (χ1n) is 9.24. The molecule has 10 heteroatoms. The summed E-state index contributed by atoms with van der Waals surface area (Å²) in [5, 5.41) is 6.06. The fraction of sp³-hybridized carbons (Fsp3) is 0.444. The lowest BCUT2D eigenvalue weighted by Gasteiger charge is -2.20. The number of H-pyrrole nitrogens is 4. The molecule has 6 N–H and O–H groups in total. The highest BCUT2D eigenvalue weighted by Gasteiger charge is 2.27. The van der Waals surface area contributed by atoms with Gasteiger partial charge in [0.25, 0.3) is 11.1 Å². The Hall–Kier alpha value is -3.30. The minimum Gasteiger partial charge on any atom is -0.371 e. The molecular formula is C18H26N6O4. The molecule has 0 atom stereocenters. The van der Waals surface area contributed by atoms with Crippen molar-refractivity contribution in [2.45, 2.75) is 39.0 Å². The fourth-order valence-corrected chi connectivity index (χ4v) is 2.98. The van der Waals surface area contributed by atoms with Crippen LogP contribution in [0.1, 0.15) is 50.2 Å². The maximum Gasteiger partial charge on any atom is 0.327 e. The molecule has 28 heavy (non-hydrogen) atoms. The molecule has 0 aliphatic heterocycles. The van der Waals surface area contributed by atoms with Gasteiger partial charge in [-0.3, -0.25) is 29.5 Å². The summed E-state index contributed by atoms with van der Waals surface area (Å²) in [5.74, 6) is -0.249. The Bertz CT molecular complexity index is 966. The number of aromatic amines is 4. The van der Waals surface area contributed by atoms with Crippen molar-refractivity contribution in [3.8, 4) is 0 Å². The minimum atomic E-state index is -0.739. The van der Waals surface area contributed by atoms with Crippen LogP contribution in [0.25, 0.3) is 0 Å². The van der Waals surface area contributed by atoms with Gasteiger partial charge >= 0.3 is 11.4 Å². The molecule has 2 rings (SSSR count). The molecule has 0 aromatic carbocycles. The van der Waals surface area contributed by atoms with Gasteiger partial charge in [-0.25, -0.2) is 9.59 Å². The van der Waals surface area contributed by atoms with E-state index >= 15 is 0 Å². The summed E-state index contributed by atoms with van der Waals surface area (Å²) in [4.78, 5) is 58.5. The zero-order valence-corrected chi connectivity index (χ0v) is 16.0. The average Bonchev–Trinajstić information content (AvgIpc) is 2.63. The third kappa shape index (κ3) is 4.70. The summed E-state index contributed by atoms with van der Waals surface area (Å²) in [6.45, 7) is 8.65. The number of hydrogen-bond acceptors (Lipinski definition) is 6. The Morgan fingerprint density at radius 2 is 1.25 bits per heavy atom. The van der Waals surface area contributed by atoms with E-state index in [1.165, 1.54) is 0 Å². The molecule has 0 amide bonds. The molecule has 0 saturated heterocycles. The van der Waals surface area contributed by atoms with Crippen molar-refractivity contribution in [1.29, 1.82) is 0 Å². The highest BCUT2D eigenvalue weighted by Crippen LogP contribution is 2.30. The van der Waals surface area contributed by atoms with E-state index < -0.39 is 28.4 Å². The third-order valence-corrected chi connectivity index (χ3v) is 4.16. The van der Waals surface area contributed by atoms with Gasteiger partial charge in [0.2, 0.25) is 0 Å². The molecule has 2 aromatic rings. The highest BCUT2D eigenvalue weighted by molar-refractivity contribution is 5.54. The molecule has 0 spiro atoms. The molecule has 152 valence electrons. The SMILES string of the molecule is C=CCC(c1c(NCCC)[nH]c(=O)[nH]c1=O)c1c(NCCC)[nH]c(=O)[nH]c1=O. The smallest absolute Gasteiger partial charge is 0.327 e. The first-order valence-corrected chi connectivity index (χ1v) is 9.24. The first-order chi connectivity index (χ1) is 13.4. The van der Waals surface area contributed by atoms with Crippen LogP contribution >= 0.6 is 0 Å². The topological polar surface area (TPSA) is 155 Å². The van der Waals surface area contributed by atoms with Crippen LogP contribution in [0.3, 0.4) is 0 Å². The number of allylic oxidation sites excluding steroid dienone is 1. The normalized spacial score (nSPS) is 10.8. The van der Waals surface area contributed by atoms with Gasteiger partial charge in [-0.2, -0.15) is 0 Å². The second-order valence-electron chi connectivity index (χ2n) is 6.32. The molecule has 0 aliphatic rings. The van der Waals surface area contributed by atoms with Crippen LogP contribution in [-0.2, 0) is 0 Å². The van der Waals surface area contributed by atoms with Crippen LogP contribution in [0.4, 0.5) is 11.6 Å². The molecule has 0 unspecified atom stereocenters. The lowest BCUT2D eigenvalue weighted by atomic mass is 9.90. The van der Waals surface area contributed by atoms with Crippen LogP contribution in [-0.4, -0.2) is 33.0 Å². The van der Waals surface area contributed by atoms with Crippen molar-refractivity contribution < 1.29 is 0 Å². The molecule has 2 aromatic heterocycles. The van der Waals surface area contributed by atoms with Gasteiger partial charge in [0.15, 0.2) is 0 Å². The van der Waals surface area contributed by atoms with E-state index in [1.54, 1.807) is 6.08 Å². The van der Waals surface area contributed by atoms with E-state index in [9.17, 15) is 19.2 Å². The van der Waals surface area contributed by atoms with E-state index in [-0.39, 0.29) is 29.2 Å². The predicted molar refractivity (Wildman–Crippen MR) is 110 cm³/mol. The molecular weight excluding hydrogens is 364 g/mol. The standard InChI is InChI=1S/C18H26N6O4/c1-4-7-10(11-13(19-8-5-2)21-17(27)23-15(11)25)12-14(20-9-6-3)22-18(28)24-16(12)26/h4,10H,1,5-9H2,2-3H3,(H3,19,21,23,25,27)(H3,20,22,24,26,28). The number of rotatable bonds is 10. The summed E-state index contributed by atoms with van der Waals surface area (Å²) >= 11 is 0. The Labute approximate surface area is 160 Å². The van der Waals surface area contributed by atoms with Gasteiger partial charge in [0.05, 0.1) is 11.1 Å². The van der Waals surface area contributed by atoms with Gasteiger partial charge in [0, 0.05) is 19.0 Å². The van der Waals surface area contributed by atoms with Crippen molar-refractivity contribution >= 4 is 11.6 Å². The summed E-state index contributed by atoms with van der Waals surface area (Å²) in [6.07, 6.45) is 3.35. The molecule has 2 heterocycles. The summed E-state index contributed by atoms with van der Waals surface area (Å²) in [6, 6.07) is 0. The molecule has 0 fully saturated rings. The molecule has 0 radical (unpaired) electrons. The van der Waals surface area contributed by atoms with Crippen molar-refractivity contribution in [1.82, 2.24) is 19.9 Å². The molecule has 0 aliphatic carbocycles. The van der Waals surface area contributed by atoms with Crippen LogP contribution in [0.5, 0.6) is 0 Å². The highest BCUT2D eigenvalue weighted by atomic mass is 16.2. The van der Waals surface area contributed by atoms with E-state index in [4.69, 9.17) is 0 Å². The fourth-order valence-electron chi connectivity index (χ4n) is 2.98. The lowest BCUT2D eigenvalue weighted by molar-refractivity contribution is 0.768. The second kappa shape index (κ2) is 9.58. The quantitative estimate of drug-likeness (QED) is 0.330. The monoisotopic (exact) mass is 390 g/mol. The van der Waals surface area contributed by atoms with Crippen molar-refractivity contribution in [3.63, 3.8) is 0 Å². The van der Waals surface area contributed by atoms with Gasteiger partial charge in [-0.1, -0.05) is 19.9 Å². The Morgan fingerprint density at radius 1 is 0.821 bits per heavy atom. The Morgan fingerprint density at radius 3 is 1.61 bits per heavy atom. The zero-order chi connectivity index (χ0) is 20.7. The molecule has 0 bridgehead atoms. The van der Waals surface area contributed by atoms with E-state index in [0.29, 0.717) is 13.1 Å². The predicted octanol–water partition coefficient (Wildman–Crippen LogP) is 0.792. The average molecular weight is 390 g/mol. The first kappa shape index (κ1) is 21.0. The lowest BCUT2D eigenvalue weighted by Crippen LogP contribution is -2.34. The van der Waals surface area contributed by atoms with Crippen molar-refractivity contribution in [2.75, 3.05) is 23.7 Å². The van der Waals surface area contributed by atoms with Crippen molar-refractivity contribution in [2.24, 2.45) is 0 Å². The third-order valence-electron chi connectivity index (χ3n) is 4.16. The van der Waals surface area contributed by atoms with Gasteiger partial charge in [-0.05, 0) is 19.3 Å². The maximum absolute atomic E-state index is 12.7. The summed E-state index contributed by atoms with van der Waals surface area (Å²) in [7, 11) is 0. The van der Waals surface area contributed by atoms with E-state index in [0.717, 1.165) is 12.8 Å². The maximum atomic E-state index is 12.7. The largest absolute Gasteiger partial charge is 0.371 e. The second-order valence-corrected chi connectivity index (χ2v) is 6.32. The van der Waals surface area contributed by atoms with Crippen LogP contribution in [0.2, 0.25) is 0 Å². The van der Waals surface area contributed by atoms with Crippen LogP contribution in [0, 0.1) is 0 Å². The minimum absolute atomic E-state index is 0.199. The van der Waals surface area contributed by atoms with Crippen LogP contribution < -0.4 is 33.1 Å². The summed E-state index contributed by atoms with van der Waals surface area (Å²) < 4.78 is 0. The van der Waals surface area contributed by atoms with Gasteiger partial charge < -0.3 is 10.6 Å². The Kier molecular flexibility index (Phi) is 7.19. The molecule has 10 nitrogen and oxygen atoms in total. The van der Waals surface area contributed by atoms with Crippen LogP contribution in [0.15, 0.2) is 31.8 Å². The zero-order valence-electron chi connectivity index (χ0n) is 16.0. The van der Waals surface area contributed by atoms with E-state index in [1.807, 2.05) is 13.8 Å². The van der Waals surface area contributed by atoms with Crippen molar-refractivity contribution in [3.05, 3.63) is 65.5 Å². The number of nitrogens with one attached hydrogen (secondary N) is 6. The van der Waals surface area contributed by atoms with Gasteiger partial charge in [0.1, 0.15) is 11.6 Å². The number of aromatic nitrogens is 4. The van der Waals surface area contributed by atoms with E-state index in [2.05, 4.69) is 37.1 Å². The summed E-state index contributed by atoms with van der Waals surface area (Å²) in [5.41, 5.74) is -2.12. The number of anilines is 2. The number of hydrogen-bond donors (Lipinski definition) is 6. The Balaban J connectivity index is 2.76. The van der Waals surface area contributed by atoms with Gasteiger partial charge in [-0.15, -0.1) is 6.58 Å².